The molecule has 0 aliphatic carbocycles. The zero-order valence-corrected chi connectivity index (χ0v) is 14.7. The molecular formula is C14H26F3NO3S. The Morgan fingerprint density at radius 2 is 1.73 bits per heavy atom. The summed E-state index contributed by atoms with van der Waals surface area (Å²) >= 11 is 0. The number of rotatable bonds is 7. The van der Waals surface area contributed by atoms with Gasteiger partial charge in [-0.3, -0.25) is 4.79 Å². The van der Waals surface area contributed by atoms with Crippen molar-refractivity contribution < 1.29 is 26.9 Å². The van der Waals surface area contributed by atoms with E-state index >= 15 is 0 Å². The third-order valence-electron chi connectivity index (χ3n) is 2.86. The number of carbonyl (C=O) groups excluding carboxylic acids is 1. The molecule has 0 bridgehead atoms. The van der Waals surface area contributed by atoms with Gasteiger partial charge in [0, 0.05) is 0 Å². The lowest BCUT2D eigenvalue weighted by atomic mass is 9.90. The van der Waals surface area contributed by atoms with Crippen molar-refractivity contribution in [2.75, 3.05) is 6.61 Å². The van der Waals surface area contributed by atoms with Crippen molar-refractivity contribution in [3.8, 4) is 0 Å². The number of halogens is 3. The number of nitrogens with one attached hydrogen (secondary N) is 1. The van der Waals surface area contributed by atoms with Crippen LogP contribution < -0.4 is 4.72 Å². The zero-order valence-electron chi connectivity index (χ0n) is 13.9. The van der Waals surface area contributed by atoms with E-state index in [4.69, 9.17) is 4.74 Å². The van der Waals surface area contributed by atoms with E-state index in [1.165, 1.54) is 6.92 Å². The molecule has 0 unspecified atom stereocenters. The summed E-state index contributed by atoms with van der Waals surface area (Å²) in [5, 5.41) is 0. The third kappa shape index (κ3) is 7.09. The molecule has 8 heteroatoms. The van der Waals surface area contributed by atoms with Crippen LogP contribution in [0.25, 0.3) is 0 Å². The molecule has 0 spiro atoms. The van der Waals surface area contributed by atoms with E-state index in [1.54, 1.807) is 34.6 Å². The molecule has 132 valence electrons. The molecule has 0 radical (unpaired) electrons. The first-order chi connectivity index (χ1) is 9.80. The Bertz CT molecular complexity index is 392. The Morgan fingerprint density at radius 1 is 1.23 bits per heavy atom. The second kappa shape index (κ2) is 8.29. The van der Waals surface area contributed by atoms with Gasteiger partial charge in [-0.1, -0.05) is 13.8 Å². The Hall–Kier alpha value is -0.630. The lowest BCUT2D eigenvalue weighted by molar-refractivity contribution is -0.179. The highest BCUT2D eigenvalue weighted by molar-refractivity contribution is 7.84. The van der Waals surface area contributed by atoms with E-state index in [2.05, 4.69) is 4.72 Å². The number of hydrogen-bond donors (Lipinski definition) is 1. The highest BCUT2D eigenvalue weighted by atomic mass is 32.2. The van der Waals surface area contributed by atoms with Crippen LogP contribution in [0.15, 0.2) is 0 Å². The van der Waals surface area contributed by atoms with Gasteiger partial charge >= 0.3 is 12.1 Å². The summed E-state index contributed by atoms with van der Waals surface area (Å²) in [6.07, 6.45) is -4.70. The fraction of sp³-hybridized carbons (Fsp3) is 0.929. The molecule has 0 aromatic heterocycles. The molecule has 0 aliphatic heterocycles. The summed E-state index contributed by atoms with van der Waals surface area (Å²) < 4.78 is 58.1. The van der Waals surface area contributed by atoms with Gasteiger partial charge < -0.3 is 4.74 Å². The SMILES string of the molecule is CCOC(=O)[C@@H](CC(C)C)[C@H](N[S@@](=O)C(C)(C)C)C(F)(F)F. The fourth-order valence-corrected chi connectivity index (χ4v) is 2.68. The Labute approximate surface area is 132 Å². The highest BCUT2D eigenvalue weighted by Crippen LogP contribution is 2.31. The smallest absolute Gasteiger partial charge is 0.405 e. The topological polar surface area (TPSA) is 55.4 Å². The summed E-state index contributed by atoms with van der Waals surface area (Å²) in [7, 11) is -1.95. The third-order valence-corrected chi connectivity index (χ3v) is 4.44. The van der Waals surface area contributed by atoms with Gasteiger partial charge in [-0.05, 0) is 40.0 Å². The van der Waals surface area contributed by atoms with Gasteiger partial charge in [0.15, 0.2) is 0 Å². The Balaban J connectivity index is 5.49. The van der Waals surface area contributed by atoms with E-state index in [-0.39, 0.29) is 18.9 Å². The average Bonchev–Trinajstić information content (AvgIpc) is 2.30. The number of alkyl halides is 3. The molecule has 1 N–H and O–H groups in total. The quantitative estimate of drug-likeness (QED) is 0.721. The maximum atomic E-state index is 13.4. The van der Waals surface area contributed by atoms with Gasteiger partial charge in [-0.25, -0.2) is 8.93 Å². The summed E-state index contributed by atoms with van der Waals surface area (Å²) in [6, 6.07) is -2.20. The minimum atomic E-state index is -4.70. The molecule has 22 heavy (non-hydrogen) atoms. The number of carbonyl (C=O) groups is 1. The van der Waals surface area contributed by atoms with Crippen molar-refractivity contribution in [2.24, 2.45) is 11.8 Å². The van der Waals surface area contributed by atoms with E-state index in [1.807, 2.05) is 0 Å². The van der Waals surface area contributed by atoms with Gasteiger partial charge in [-0.15, -0.1) is 0 Å². The van der Waals surface area contributed by atoms with Crippen molar-refractivity contribution in [2.45, 2.75) is 64.9 Å². The van der Waals surface area contributed by atoms with Crippen molar-refractivity contribution in [1.29, 1.82) is 0 Å². The van der Waals surface area contributed by atoms with Gasteiger partial charge in [-0.2, -0.15) is 13.2 Å². The number of hydrogen-bond acceptors (Lipinski definition) is 3. The largest absolute Gasteiger partial charge is 0.466 e. The normalized spacial score (nSPS) is 17.2. The van der Waals surface area contributed by atoms with Gasteiger partial charge in [0.05, 0.1) is 28.3 Å². The molecule has 0 saturated carbocycles. The fourth-order valence-electron chi connectivity index (χ4n) is 1.79. The van der Waals surface area contributed by atoms with Crippen LogP contribution in [0.1, 0.15) is 48.0 Å². The van der Waals surface area contributed by atoms with Crippen molar-refractivity contribution in [3.05, 3.63) is 0 Å². The number of esters is 1. The van der Waals surface area contributed by atoms with Crippen LogP contribution >= 0.6 is 0 Å². The monoisotopic (exact) mass is 345 g/mol. The lowest BCUT2D eigenvalue weighted by Gasteiger charge is -2.31. The summed E-state index contributed by atoms with van der Waals surface area (Å²) in [6.45, 7) is 9.66. The highest BCUT2D eigenvalue weighted by Gasteiger charge is 2.49. The van der Waals surface area contributed by atoms with Gasteiger partial charge in [0.2, 0.25) is 0 Å². The van der Waals surface area contributed by atoms with E-state index in [9.17, 15) is 22.2 Å². The lowest BCUT2D eigenvalue weighted by Crippen LogP contribution is -2.54. The predicted molar refractivity (Wildman–Crippen MR) is 80.5 cm³/mol. The molecule has 3 atom stereocenters. The zero-order chi connectivity index (χ0) is 17.7. The minimum absolute atomic E-state index is 0.000363. The van der Waals surface area contributed by atoms with Gasteiger partial charge in [0.1, 0.15) is 6.04 Å². The average molecular weight is 345 g/mol. The molecule has 0 aromatic carbocycles. The maximum absolute atomic E-state index is 13.4. The molecule has 4 nitrogen and oxygen atoms in total. The number of ether oxygens (including phenoxy) is 1. The van der Waals surface area contributed by atoms with Crippen LogP contribution in [0.3, 0.4) is 0 Å². The molecule has 0 amide bonds. The molecule has 0 aromatic rings. The molecular weight excluding hydrogens is 319 g/mol. The molecule has 0 heterocycles. The van der Waals surface area contributed by atoms with Gasteiger partial charge in [0.25, 0.3) is 0 Å². The summed E-state index contributed by atoms with van der Waals surface area (Å²) in [5.41, 5.74) is 0. The van der Waals surface area contributed by atoms with Crippen LogP contribution in [0.4, 0.5) is 13.2 Å². The van der Waals surface area contributed by atoms with Crippen molar-refractivity contribution in [3.63, 3.8) is 0 Å². The van der Waals surface area contributed by atoms with Crippen LogP contribution in [0, 0.1) is 11.8 Å². The van der Waals surface area contributed by atoms with E-state index in [0.717, 1.165) is 0 Å². The first-order valence-electron chi connectivity index (χ1n) is 7.22. The molecule has 0 aliphatic rings. The minimum Gasteiger partial charge on any atom is -0.466 e. The molecule has 0 saturated heterocycles. The van der Waals surface area contributed by atoms with Crippen molar-refractivity contribution >= 4 is 17.0 Å². The van der Waals surface area contributed by atoms with E-state index in [0.29, 0.717) is 0 Å². The standard InChI is InChI=1S/C14H26F3NO3S/c1-7-21-12(19)10(8-9(2)3)11(14(15,16)17)18-22(20)13(4,5)6/h9-11,18H,7-8H2,1-6H3/t10-,11-,22-/m0/s1. The Morgan fingerprint density at radius 3 is 2.05 bits per heavy atom. The second-order valence-electron chi connectivity index (χ2n) is 6.51. The molecule has 0 fully saturated rings. The Kier molecular flexibility index (Phi) is 8.05. The molecule has 0 rings (SSSR count). The van der Waals surface area contributed by atoms with Crippen molar-refractivity contribution in [1.82, 2.24) is 4.72 Å². The van der Waals surface area contributed by atoms with E-state index < -0.39 is 39.8 Å². The van der Waals surface area contributed by atoms with Crippen LogP contribution in [0.2, 0.25) is 0 Å². The predicted octanol–water partition coefficient (Wildman–Crippen LogP) is 3.19. The summed E-state index contributed by atoms with van der Waals surface area (Å²) in [5.74, 6) is -2.48. The van der Waals surface area contributed by atoms with Crippen LogP contribution in [-0.4, -0.2) is 33.8 Å². The maximum Gasteiger partial charge on any atom is 0.405 e. The van der Waals surface area contributed by atoms with Crippen LogP contribution in [-0.2, 0) is 20.5 Å². The first kappa shape index (κ1) is 21.4. The second-order valence-corrected chi connectivity index (χ2v) is 8.50. The first-order valence-corrected chi connectivity index (χ1v) is 8.37. The van der Waals surface area contributed by atoms with Crippen LogP contribution in [0.5, 0.6) is 0 Å². The summed E-state index contributed by atoms with van der Waals surface area (Å²) in [4.78, 5) is 11.9.